The minimum absolute atomic E-state index is 0.102. The van der Waals surface area contributed by atoms with E-state index >= 15 is 0 Å². The lowest BCUT2D eigenvalue weighted by Crippen LogP contribution is -2.43. The van der Waals surface area contributed by atoms with Crippen molar-refractivity contribution in [1.29, 1.82) is 0 Å². The molecule has 0 unspecified atom stereocenters. The van der Waals surface area contributed by atoms with Gasteiger partial charge in [0.15, 0.2) is 0 Å². The summed E-state index contributed by atoms with van der Waals surface area (Å²) < 4.78 is 11.8. The third-order valence-electron chi connectivity index (χ3n) is 6.55. The summed E-state index contributed by atoms with van der Waals surface area (Å²) in [6.45, 7) is 6.95. The van der Waals surface area contributed by atoms with Crippen LogP contribution >= 0.6 is 0 Å². The van der Waals surface area contributed by atoms with Crippen LogP contribution in [0.1, 0.15) is 58.1 Å². The second kappa shape index (κ2) is 9.68. The van der Waals surface area contributed by atoms with Gasteiger partial charge in [-0.05, 0) is 51.8 Å². The molecule has 2 aromatic heterocycles. The van der Waals surface area contributed by atoms with Gasteiger partial charge in [0, 0.05) is 55.7 Å². The number of nitrogens with one attached hydrogen (secondary N) is 1. The molecule has 1 aliphatic heterocycles. The summed E-state index contributed by atoms with van der Waals surface area (Å²) in [5.41, 5.74) is 1.40. The standard InChI is InChI=1S/C27H33N5O3/c1-27(2,3)35-26(33)32-14-10-19(11-15-32)24-25(29-13-12-28-24)34-21-16-20(17-21)30-23-9-8-18-6-4-5-7-22(18)31-23/h4-9,12-13,19-21H,10-11,14-17H2,1-3H3,(H,30,31). The van der Waals surface area contributed by atoms with Crippen LogP contribution < -0.4 is 10.1 Å². The summed E-state index contributed by atoms with van der Waals surface area (Å²) in [4.78, 5) is 28.0. The summed E-state index contributed by atoms with van der Waals surface area (Å²) in [6, 6.07) is 12.6. The third-order valence-corrected chi connectivity index (χ3v) is 6.55. The monoisotopic (exact) mass is 475 g/mol. The van der Waals surface area contributed by atoms with Crippen molar-refractivity contribution in [3.63, 3.8) is 0 Å². The second-order valence-electron chi connectivity index (χ2n) is 10.4. The third kappa shape index (κ3) is 5.63. The Morgan fingerprint density at radius 3 is 2.54 bits per heavy atom. The lowest BCUT2D eigenvalue weighted by molar-refractivity contribution is 0.0202. The van der Waals surface area contributed by atoms with Crippen LogP contribution in [-0.2, 0) is 4.74 Å². The molecule has 0 spiro atoms. The zero-order valence-corrected chi connectivity index (χ0v) is 20.6. The number of benzene rings is 1. The fraction of sp³-hybridized carbons (Fsp3) is 0.481. The smallest absolute Gasteiger partial charge is 0.410 e. The van der Waals surface area contributed by atoms with Crippen molar-refractivity contribution in [2.24, 2.45) is 0 Å². The van der Waals surface area contributed by atoms with E-state index in [1.165, 1.54) is 0 Å². The van der Waals surface area contributed by atoms with Crippen LogP contribution in [0, 0.1) is 0 Å². The first-order valence-electron chi connectivity index (χ1n) is 12.4. The highest BCUT2D eigenvalue weighted by molar-refractivity contribution is 5.80. The zero-order chi connectivity index (χ0) is 24.4. The molecule has 1 aromatic carbocycles. The van der Waals surface area contributed by atoms with E-state index in [-0.39, 0.29) is 18.1 Å². The van der Waals surface area contributed by atoms with E-state index < -0.39 is 5.60 Å². The fourth-order valence-electron chi connectivity index (χ4n) is 4.66. The molecule has 184 valence electrons. The molecular formula is C27H33N5O3. The Hall–Kier alpha value is -3.42. The molecule has 0 bridgehead atoms. The molecule has 0 radical (unpaired) electrons. The maximum Gasteiger partial charge on any atom is 0.410 e. The molecule has 0 atom stereocenters. The molecule has 2 fully saturated rings. The number of amides is 1. The van der Waals surface area contributed by atoms with E-state index in [1.54, 1.807) is 17.3 Å². The molecule has 3 heterocycles. The van der Waals surface area contributed by atoms with Gasteiger partial charge in [-0.2, -0.15) is 0 Å². The quantitative estimate of drug-likeness (QED) is 0.545. The highest BCUT2D eigenvalue weighted by atomic mass is 16.6. The number of carbonyl (C=O) groups excluding carboxylic acids is 1. The first-order valence-corrected chi connectivity index (χ1v) is 12.4. The lowest BCUT2D eigenvalue weighted by atomic mass is 9.89. The first-order chi connectivity index (χ1) is 16.8. The van der Waals surface area contributed by atoms with Crippen LogP contribution in [0.4, 0.5) is 10.6 Å². The number of pyridine rings is 1. The second-order valence-corrected chi connectivity index (χ2v) is 10.4. The average Bonchev–Trinajstić information content (AvgIpc) is 2.82. The molecular weight excluding hydrogens is 442 g/mol. The number of piperidine rings is 1. The minimum Gasteiger partial charge on any atom is -0.473 e. The fourth-order valence-corrected chi connectivity index (χ4v) is 4.66. The van der Waals surface area contributed by atoms with Crippen molar-refractivity contribution in [2.75, 3.05) is 18.4 Å². The van der Waals surface area contributed by atoms with Gasteiger partial charge in [0.2, 0.25) is 5.88 Å². The van der Waals surface area contributed by atoms with Gasteiger partial charge in [-0.25, -0.2) is 14.8 Å². The summed E-state index contributed by atoms with van der Waals surface area (Å²) in [6.07, 6.45) is 6.67. The number of hydrogen-bond donors (Lipinski definition) is 1. The van der Waals surface area contributed by atoms with Crippen molar-refractivity contribution < 1.29 is 14.3 Å². The van der Waals surface area contributed by atoms with E-state index in [0.29, 0.717) is 25.0 Å². The van der Waals surface area contributed by atoms with Crippen LogP contribution in [-0.4, -0.2) is 56.8 Å². The number of para-hydroxylation sites is 1. The van der Waals surface area contributed by atoms with Crippen LogP contribution in [0.3, 0.4) is 0 Å². The number of hydrogen-bond acceptors (Lipinski definition) is 7. The number of aromatic nitrogens is 3. The van der Waals surface area contributed by atoms with Crippen LogP contribution in [0.25, 0.3) is 10.9 Å². The summed E-state index contributed by atoms with van der Waals surface area (Å²) >= 11 is 0. The Balaban J connectivity index is 1.14. The summed E-state index contributed by atoms with van der Waals surface area (Å²) in [5, 5.41) is 4.66. The Kier molecular flexibility index (Phi) is 6.45. The molecule has 1 saturated carbocycles. The number of carbonyl (C=O) groups is 1. The van der Waals surface area contributed by atoms with Gasteiger partial charge >= 0.3 is 6.09 Å². The summed E-state index contributed by atoms with van der Waals surface area (Å²) in [7, 11) is 0. The minimum atomic E-state index is -0.486. The van der Waals surface area contributed by atoms with Crippen LogP contribution in [0.5, 0.6) is 5.88 Å². The average molecular weight is 476 g/mol. The molecule has 2 aliphatic rings. The highest BCUT2D eigenvalue weighted by Crippen LogP contribution is 2.35. The predicted octanol–water partition coefficient (Wildman–Crippen LogP) is 5.16. The molecule has 35 heavy (non-hydrogen) atoms. The Morgan fingerprint density at radius 2 is 1.77 bits per heavy atom. The van der Waals surface area contributed by atoms with Crippen molar-refractivity contribution >= 4 is 22.8 Å². The number of likely N-dealkylation sites (tertiary alicyclic amines) is 1. The van der Waals surface area contributed by atoms with E-state index in [4.69, 9.17) is 14.5 Å². The first kappa shape index (κ1) is 23.3. The molecule has 1 N–H and O–H groups in total. The Morgan fingerprint density at radius 1 is 1.03 bits per heavy atom. The molecule has 1 aliphatic carbocycles. The van der Waals surface area contributed by atoms with Crippen molar-refractivity contribution in [3.05, 3.63) is 54.5 Å². The SMILES string of the molecule is CC(C)(C)OC(=O)N1CCC(c2nccnc2OC2CC(Nc3ccc4ccccc4n3)C2)CC1. The van der Waals surface area contributed by atoms with Crippen LogP contribution in [0.15, 0.2) is 48.8 Å². The van der Waals surface area contributed by atoms with E-state index in [2.05, 4.69) is 27.4 Å². The Labute approximate surface area is 206 Å². The van der Waals surface area contributed by atoms with E-state index in [9.17, 15) is 4.79 Å². The van der Waals surface area contributed by atoms with Crippen molar-refractivity contribution in [3.8, 4) is 5.88 Å². The van der Waals surface area contributed by atoms with Crippen molar-refractivity contribution in [1.82, 2.24) is 19.9 Å². The molecule has 3 aromatic rings. The summed E-state index contributed by atoms with van der Waals surface area (Å²) in [5.74, 6) is 1.73. The normalized spacial score (nSPS) is 20.8. The molecule has 1 saturated heterocycles. The maximum atomic E-state index is 12.4. The number of nitrogens with zero attached hydrogens (tertiary/aromatic N) is 4. The van der Waals surface area contributed by atoms with Gasteiger partial charge in [0.05, 0.1) is 5.52 Å². The van der Waals surface area contributed by atoms with Crippen LogP contribution in [0.2, 0.25) is 0 Å². The maximum absolute atomic E-state index is 12.4. The highest BCUT2D eigenvalue weighted by Gasteiger charge is 2.34. The number of anilines is 1. The number of ether oxygens (including phenoxy) is 2. The number of rotatable bonds is 5. The predicted molar refractivity (Wildman–Crippen MR) is 135 cm³/mol. The van der Waals surface area contributed by atoms with Gasteiger partial charge in [0.25, 0.3) is 0 Å². The van der Waals surface area contributed by atoms with Gasteiger partial charge in [0.1, 0.15) is 23.2 Å². The van der Waals surface area contributed by atoms with Gasteiger partial charge in [-0.1, -0.05) is 18.2 Å². The molecule has 1 amide bonds. The van der Waals surface area contributed by atoms with Gasteiger partial charge in [-0.3, -0.25) is 4.98 Å². The lowest BCUT2D eigenvalue weighted by Gasteiger charge is -2.37. The largest absolute Gasteiger partial charge is 0.473 e. The van der Waals surface area contributed by atoms with Crippen molar-refractivity contribution in [2.45, 2.75) is 70.1 Å². The van der Waals surface area contributed by atoms with E-state index in [1.807, 2.05) is 45.0 Å². The molecule has 8 nitrogen and oxygen atoms in total. The molecule has 5 rings (SSSR count). The topological polar surface area (TPSA) is 89.5 Å². The Bertz CT molecular complexity index is 1180. The van der Waals surface area contributed by atoms with Gasteiger partial charge < -0.3 is 19.7 Å². The molecule has 8 heteroatoms. The van der Waals surface area contributed by atoms with E-state index in [0.717, 1.165) is 48.1 Å². The van der Waals surface area contributed by atoms with Gasteiger partial charge in [-0.15, -0.1) is 0 Å². The number of fused-ring (bicyclic) bond motifs is 1. The zero-order valence-electron chi connectivity index (χ0n) is 20.6.